The summed E-state index contributed by atoms with van der Waals surface area (Å²) in [6.45, 7) is 4.28. The Labute approximate surface area is 136 Å². The first-order valence-corrected chi connectivity index (χ1v) is 9.21. The van der Waals surface area contributed by atoms with Crippen molar-refractivity contribution in [1.29, 1.82) is 0 Å². The Morgan fingerprint density at radius 3 is 2.30 bits per heavy atom. The average Bonchev–Trinajstić information content (AvgIpc) is 2.47. The number of nitrogens with zero attached hydrogens (tertiary/aromatic N) is 1. The number of halogens is 1. The number of hydrogen-bond donors (Lipinski definition) is 0. The van der Waals surface area contributed by atoms with Crippen molar-refractivity contribution in [3.8, 4) is 0 Å². The van der Waals surface area contributed by atoms with Crippen LogP contribution < -0.4 is 0 Å². The van der Waals surface area contributed by atoms with Crippen molar-refractivity contribution in [2.45, 2.75) is 38.1 Å². The van der Waals surface area contributed by atoms with Gasteiger partial charge in [-0.1, -0.05) is 36.4 Å². The number of fused-ring (bicyclic) bond motifs is 1. The SMILES string of the molecule is CC1(C)Cc2ccccc2CN1S(=O)(=O)Cc1ccc(F)cc1. The minimum absolute atomic E-state index is 0.112. The highest BCUT2D eigenvalue weighted by Crippen LogP contribution is 2.33. The van der Waals surface area contributed by atoms with Gasteiger partial charge in [-0.05, 0) is 49.1 Å². The zero-order chi connectivity index (χ0) is 16.7. The van der Waals surface area contributed by atoms with Crippen LogP contribution in [0.3, 0.4) is 0 Å². The van der Waals surface area contributed by atoms with E-state index in [0.29, 0.717) is 18.5 Å². The zero-order valence-corrected chi connectivity index (χ0v) is 14.1. The fourth-order valence-electron chi connectivity index (χ4n) is 3.15. The van der Waals surface area contributed by atoms with Gasteiger partial charge in [0.05, 0.1) is 5.75 Å². The Kier molecular flexibility index (Phi) is 4.02. The van der Waals surface area contributed by atoms with Crippen molar-refractivity contribution >= 4 is 10.0 Å². The molecule has 2 aromatic carbocycles. The van der Waals surface area contributed by atoms with Crippen LogP contribution in [0.2, 0.25) is 0 Å². The molecule has 23 heavy (non-hydrogen) atoms. The zero-order valence-electron chi connectivity index (χ0n) is 13.3. The van der Waals surface area contributed by atoms with Crippen LogP contribution in [0.1, 0.15) is 30.5 Å². The summed E-state index contributed by atoms with van der Waals surface area (Å²) in [5, 5.41) is 0. The molecule has 0 radical (unpaired) electrons. The molecule has 3 nitrogen and oxygen atoms in total. The van der Waals surface area contributed by atoms with Gasteiger partial charge in [0.1, 0.15) is 5.82 Å². The third-order valence-corrected chi connectivity index (χ3v) is 6.32. The third kappa shape index (κ3) is 3.31. The van der Waals surface area contributed by atoms with Crippen LogP contribution in [-0.4, -0.2) is 18.3 Å². The van der Waals surface area contributed by atoms with E-state index < -0.39 is 15.6 Å². The summed E-state index contributed by atoms with van der Waals surface area (Å²) in [5.74, 6) is -0.475. The monoisotopic (exact) mass is 333 g/mol. The highest BCUT2D eigenvalue weighted by Gasteiger charge is 2.39. The first kappa shape index (κ1) is 16.1. The van der Waals surface area contributed by atoms with Crippen LogP contribution in [-0.2, 0) is 28.7 Å². The lowest BCUT2D eigenvalue weighted by Gasteiger charge is -2.42. The van der Waals surface area contributed by atoms with Crippen molar-refractivity contribution in [2.24, 2.45) is 0 Å². The van der Waals surface area contributed by atoms with Gasteiger partial charge < -0.3 is 0 Å². The van der Waals surface area contributed by atoms with Gasteiger partial charge in [0.25, 0.3) is 0 Å². The van der Waals surface area contributed by atoms with Gasteiger partial charge in [0.15, 0.2) is 0 Å². The molecule has 2 aromatic rings. The summed E-state index contributed by atoms with van der Waals surface area (Å²) in [6.07, 6.45) is 0.686. The second-order valence-electron chi connectivity index (χ2n) is 6.65. The molecule has 1 heterocycles. The minimum atomic E-state index is -3.49. The van der Waals surface area contributed by atoms with Gasteiger partial charge in [-0.2, -0.15) is 4.31 Å². The smallest absolute Gasteiger partial charge is 0.212 e. The van der Waals surface area contributed by atoms with E-state index in [1.807, 2.05) is 32.0 Å². The molecule has 1 aliphatic heterocycles. The average molecular weight is 333 g/mol. The molecule has 3 rings (SSSR count). The molecule has 0 aliphatic carbocycles. The first-order valence-electron chi connectivity index (χ1n) is 7.60. The van der Waals surface area contributed by atoms with Gasteiger partial charge in [-0.25, -0.2) is 12.8 Å². The van der Waals surface area contributed by atoms with E-state index in [0.717, 1.165) is 5.56 Å². The summed E-state index contributed by atoms with van der Waals surface area (Å²) < 4.78 is 40.4. The number of sulfonamides is 1. The Morgan fingerprint density at radius 2 is 1.65 bits per heavy atom. The topological polar surface area (TPSA) is 37.4 Å². The van der Waals surface area contributed by atoms with Crippen molar-refractivity contribution in [3.05, 3.63) is 71.0 Å². The fourth-order valence-corrected chi connectivity index (χ4v) is 5.07. The molecule has 0 atom stereocenters. The molecular formula is C18H20FNO2S. The summed E-state index contributed by atoms with van der Waals surface area (Å²) in [4.78, 5) is 0. The molecule has 122 valence electrons. The van der Waals surface area contributed by atoms with Crippen molar-refractivity contribution < 1.29 is 12.8 Å². The second kappa shape index (κ2) is 5.73. The number of benzene rings is 2. The van der Waals surface area contributed by atoms with Crippen molar-refractivity contribution in [3.63, 3.8) is 0 Å². The van der Waals surface area contributed by atoms with Gasteiger partial charge >= 0.3 is 0 Å². The molecule has 0 N–H and O–H groups in total. The Bertz CT molecular complexity index is 813. The molecular weight excluding hydrogens is 313 g/mol. The molecule has 0 fully saturated rings. The van der Waals surface area contributed by atoms with Crippen molar-refractivity contribution in [1.82, 2.24) is 4.31 Å². The maximum atomic E-state index is 13.0. The van der Waals surface area contributed by atoms with Gasteiger partial charge in [-0.3, -0.25) is 0 Å². The molecule has 1 aliphatic rings. The predicted molar refractivity (Wildman–Crippen MR) is 88.8 cm³/mol. The Hall–Kier alpha value is -1.72. The predicted octanol–water partition coefficient (Wildman–Crippen LogP) is 3.49. The Balaban J connectivity index is 1.91. The van der Waals surface area contributed by atoms with Crippen molar-refractivity contribution in [2.75, 3.05) is 0 Å². The fraction of sp³-hybridized carbons (Fsp3) is 0.333. The molecule has 0 unspecified atom stereocenters. The van der Waals surface area contributed by atoms with E-state index in [1.165, 1.54) is 29.8 Å². The van der Waals surface area contributed by atoms with Gasteiger partial charge in [-0.15, -0.1) is 0 Å². The van der Waals surface area contributed by atoms with Crippen LogP contribution in [0.15, 0.2) is 48.5 Å². The molecule has 0 bridgehead atoms. The maximum Gasteiger partial charge on any atom is 0.219 e. The molecule has 0 aromatic heterocycles. The minimum Gasteiger partial charge on any atom is -0.212 e. The molecule has 0 amide bonds. The Morgan fingerprint density at radius 1 is 1.04 bits per heavy atom. The highest BCUT2D eigenvalue weighted by atomic mass is 32.2. The third-order valence-electron chi connectivity index (χ3n) is 4.33. The molecule has 0 saturated carbocycles. The summed E-state index contributed by atoms with van der Waals surface area (Å²) in [6, 6.07) is 13.6. The van der Waals surface area contributed by atoms with Gasteiger partial charge in [0.2, 0.25) is 10.0 Å². The lowest BCUT2D eigenvalue weighted by atomic mass is 9.88. The standard InChI is InChI=1S/C18H20FNO2S/c1-18(2)11-15-5-3-4-6-16(15)12-20(18)23(21,22)13-14-7-9-17(19)10-8-14/h3-10H,11-13H2,1-2H3. The van der Waals surface area contributed by atoms with E-state index in [2.05, 4.69) is 6.07 Å². The van der Waals surface area contributed by atoms with Crippen LogP contribution in [0.4, 0.5) is 4.39 Å². The summed E-state index contributed by atoms with van der Waals surface area (Å²) >= 11 is 0. The second-order valence-corrected chi connectivity index (χ2v) is 8.54. The lowest BCUT2D eigenvalue weighted by molar-refractivity contribution is 0.202. The van der Waals surface area contributed by atoms with Crippen LogP contribution in [0.25, 0.3) is 0 Å². The molecule has 0 spiro atoms. The number of rotatable bonds is 3. The lowest BCUT2D eigenvalue weighted by Crippen LogP contribution is -2.51. The highest BCUT2D eigenvalue weighted by molar-refractivity contribution is 7.88. The molecule has 0 saturated heterocycles. The van der Waals surface area contributed by atoms with E-state index in [9.17, 15) is 12.8 Å². The van der Waals surface area contributed by atoms with Crippen LogP contribution in [0.5, 0.6) is 0 Å². The molecule has 5 heteroatoms. The largest absolute Gasteiger partial charge is 0.219 e. The van der Waals surface area contributed by atoms with Crippen LogP contribution >= 0.6 is 0 Å². The van der Waals surface area contributed by atoms with Crippen LogP contribution in [0, 0.1) is 5.82 Å². The quantitative estimate of drug-likeness (QED) is 0.862. The van der Waals surface area contributed by atoms with E-state index in [1.54, 1.807) is 4.31 Å². The summed E-state index contributed by atoms with van der Waals surface area (Å²) in [7, 11) is -3.49. The normalized spacial score (nSPS) is 17.7. The maximum absolute atomic E-state index is 13.0. The van der Waals surface area contributed by atoms with E-state index >= 15 is 0 Å². The first-order chi connectivity index (χ1) is 10.8. The van der Waals surface area contributed by atoms with E-state index in [-0.39, 0.29) is 11.6 Å². The van der Waals surface area contributed by atoms with E-state index in [4.69, 9.17) is 0 Å². The summed E-state index contributed by atoms with van der Waals surface area (Å²) in [5.41, 5.74) is 2.37. The van der Waals surface area contributed by atoms with Gasteiger partial charge in [0, 0.05) is 12.1 Å². The number of hydrogen-bond acceptors (Lipinski definition) is 2.